The third-order valence-corrected chi connectivity index (χ3v) is 2.89. The minimum absolute atomic E-state index is 0.196. The summed E-state index contributed by atoms with van der Waals surface area (Å²) in [6, 6.07) is 18.7. The maximum absolute atomic E-state index is 5.51. The van der Waals surface area contributed by atoms with Crippen LogP contribution in [-0.2, 0) is 9.47 Å². The molecule has 2 aromatic carbocycles. The van der Waals surface area contributed by atoms with Crippen molar-refractivity contribution in [3.8, 4) is 11.1 Å². The summed E-state index contributed by atoms with van der Waals surface area (Å²) in [6.07, 6.45) is -0.196. The first-order chi connectivity index (χ1) is 8.43. The van der Waals surface area contributed by atoms with Gasteiger partial charge in [-0.25, -0.2) is 0 Å². The fourth-order valence-corrected chi connectivity index (χ4v) is 2.05. The predicted octanol–water partition coefficient (Wildman–Crippen LogP) is 3.40. The average Bonchev–Trinajstić information content (AvgIpc) is 2.94. The van der Waals surface area contributed by atoms with E-state index < -0.39 is 0 Å². The lowest BCUT2D eigenvalue weighted by molar-refractivity contribution is -0.0440. The van der Waals surface area contributed by atoms with Gasteiger partial charge in [-0.15, -0.1) is 0 Å². The van der Waals surface area contributed by atoms with Crippen LogP contribution in [0.2, 0.25) is 0 Å². The Kier molecular flexibility index (Phi) is 2.90. The van der Waals surface area contributed by atoms with Crippen molar-refractivity contribution in [2.24, 2.45) is 0 Å². The predicted molar refractivity (Wildman–Crippen MR) is 66.5 cm³/mol. The Labute approximate surface area is 101 Å². The number of benzene rings is 2. The summed E-state index contributed by atoms with van der Waals surface area (Å²) in [5, 5.41) is 0. The molecule has 0 unspecified atom stereocenters. The Morgan fingerprint density at radius 2 is 1.47 bits per heavy atom. The number of rotatable bonds is 2. The van der Waals surface area contributed by atoms with Crippen molar-refractivity contribution < 1.29 is 9.47 Å². The van der Waals surface area contributed by atoms with Crippen LogP contribution in [0.15, 0.2) is 54.6 Å². The van der Waals surface area contributed by atoms with Crippen LogP contribution < -0.4 is 0 Å². The lowest BCUT2D eigenvalue weighted by Gasteiger charge is -2.10. The van der Waals surface area contributed by atoms with Crippen molar-refractivity contribution in [1.82, 2.24) is 0 Å². The molecule has 0 bridgehead atoms. The van der Waals surface area contributed by atoms with Gasteiger partial charge in [0.1, 0.15) is 0 Å². The standard InChI is InChI=1S/C15H14O2/c1-2-5-12(6-3-1)13-7-4-8-14(11-13)15-16-9-10-17-15/h1-8,11,15H,9-10H2. The van der Waals surface area contributed by atoms with Crippen LogP contribution in [0, 0.1) is 0 Å². The highest BCUT2D eigenvalue weighted by molar-refractivity contribution is 5.64. The van der Waals surface area contributed by atoms with E-state index in [2.05, 4.69) is 24.3 Å². The molecule has 86 valence electrons. The molecule has 0 atom stereocenters. The van der Waals surface area contributed by atoms with Gasteiger partial charge in [0, 0.05) is 5.56 Å². The van der Waals surface area contributed by atoms with Gasteiger partial charge in [-0.2, -0.15) is 0 Å². The van der Waals surface area contributed by atoms with Crippen molar-refractivity contribution in [1.29, 1.82) is 0 Å². The van der Waals surface area contributed by atoms with Gasteiger partial charge in [0.2, 0.25) is 0 Å². The van der Waals surface area contributed by atoms with Crippen LogP contribution in [0.25, 0.3) is 11.1 Å². The van der Waals surface area contributed by atoms with E-state index in [1.165, 1.54) is 11.1 Å². The van der Waals surface area contributed by atoms with Crippen molar-refractivity contribution in [2.45, 2.75) is 6.29 Å². The molecule has 0 saturated carbocycles. The first kappa shape index (κ1) is 10.5. The molecule has 1 heterocycles. The molecule has 3 rings (SSSR count). The topological polar surface area (TPSA) is 18.5 Å². The molecular weight excluding hydrogens is 212 g/mol. The van der Waals surface area contributed by atoms with Gasteiger partial charge >= 0.3 is 0 Å². The lowest BCUT2D eigenvalue weighted by Crippen LogP contribution is -1.97. The van der Waals surface area contributed by atoms with Crippen molar-refractivity contribution in [3.05, 3.63) is 60.2 Å². The quantitative estimate of drug-likeness (QED) is 0.781. The van der Waals surface area contributed by atoms with E-state index in [4.69, 9.17) is 9.47 Å². The molecule has 2 nitrogen and oxygen atoms in total. The molecule has 2 aromatic rings. The molecule has 17 heavy (non-hydrogen) atoms. The van der Waals surface area contributed by atoms with Crippen LogP contribution in [0.4, 0.5) is 0 Å². The first-order valence-corrected chi connectivity index (χ1v) is 5.82. The molecule has 1 fully saturated rings. The van der Waals surface area contributed by atoms with E-state index in [9.17, 15) is 0 Å². The summed E-state index contributed by atoms with van der Waals surface area (Å²) in [5.74, 6) is 0. The molecule has 1 aliphatic rings. The molecule has 0 amide bonds. The Morgan fingerprint density at radius 1 is 0.765 bits per heavy atom. The minimum Gasteiger partial charge on any atom is -0.346 e. The zero-order chi connectivity index (χ0) is 11.5. The SMILES string of the molecule is c1ccc(-c2cccc(C3OCCO3)c2)cc1. The molecule has 0 spiro atoms. The van der Waals surface area contributed by atoms with E-state index in [0.29, 0.717) is 13.2 Å². The molecule has 1 aliphatic heterocycles. The van der Waals surface area contributed by atoms with Gasteiger partial charge in [0.15, 0.2) is 6.29 Å². The Balaban J connectivity index is 1.94. The number of ether oxygens (including phenoxy) is 2. The Hall–Kier alpha value is -1.64. The fraction of sp³-hybridized carbons (Fsp3) is 0.200. The highest BCUT2D eigenvalue weighted by Gasteiger charge is 2.18. The van der Waals surface area contributed by atoms with Crippen LogP contribution in [-0.4, -0.2) is 13.2 Å². The summed E-state index contributed by atoms with van der Waals surface area (Å²) in [6.45, 7) is 1.36. The highest BCUT2D eigenvalue weighted by atomic mass is 16.7. The number of hydrogen-bond acceptors (Lipinski definition) is 2. The zero-order valence-corrected chi connectivity index (χ0v) is 9.50. The van der Waals surface area contributed by atoms with E-state index in [1.54, 1.807) is 0 Å². The monoisotopic (exact) mass is 226 g/mol. The summed E-state index contributed by atoms with van der Waals surface area (Å²) in [5.41, 5.74) is 3.50. The summed E-state index contributed by atoms with van der Waals surface area (Å²) in [7, 11) is 0. The maximum atomic E-state index is 5.51. The zero-order valence-electron chi connectivity index (χ0n) is 9.50. The first-order valence-electron chi connectivity index (χ1n) is 5.82. The van der Waals surface area contributed by atoms with Gasteiger partial charge in [-0.1, -0.05) is 48.5 Å². The Bertz CT molecular complexity index is 487. The minimum atomic E-state index is -0.196. The van der Waals surface area contributed by atoms with Crippen LogP contribution in [0.1, 0.15) is 11.9 Å². The molecule has 0 radical (unpaired) electrons. The normalized spacial score (nSPS) is 16.2. The molecule has 1 saturated heterocycles. The van der Waals surface area contributed by atoms with E-state index >= 15 is 0 Å². The van der Waals surface area contributed by atoms with E-state index in [1.807, 2.05) is 30.3 Å². The van der Waals surface area contributed by atoms with E-state index in [0.717, 1.165) is 5.56 Å². The van der Waals surface area contributed by atoms with Crippen molar-refractivity contribution >= 4 is 0 Å². The molecule has 2 heteroatoms. The fourth-order valence-electron chi connectivity index (χ4n) is 2.05. The third-order valence-electron chi connectivity index (χ3n) is 2.89. The number of hydrogen-bond donors (Lipinski definition) is 0. The average molecular weight is 226 g/mol. The third kappa shape index (κ3) is 2.23. The van der Waals surface area contributed by atoms with Crippen molar-refractivity contribution in [2.75, 3.05) is 13.2 Å². The second-order valence-corrected chi connectivity index (χ2v) is 4.06. The molecule has 0 N–H and O–H groups in total. The second kappa shape index (κ2) is 4.70. The van der Waals surface area contributed by atoms with Crippen LogP contribution >= 0.6 is 0 Å². The highest BCUT2D eigenvalue weighted by Crippen LogP contribution is 2.27. The van der Waals surface area contributed by atoms with Gasteiger partial charge in [-0.3, -0.25) is 0 Å². The lowest BCUT2D eigenvalue weighted by atomic mass is 10.0. The van der Waals surface area contributed by atoms with E-state index in [-0.39, 0.29) is 6.29 Å². The summed E-state index contributed by atoms with van der Waals surface area (Å²) in [4.78, 5) is 0. The molecular formula is C15H14O2. The smallest absolute Gasteiger partial charge is 0.184 e. The second-order valence-electron chi connectivity index (χ2n) is 4.06. The van der Waals surface area contributed by atoms with Gasteiger partial charge in [-0.05, 0) is 17.2 Å². The summed E-state index contributed by atoms with van der Waals surface area (Å²) >= 11 is 0. The molecule has 0 aliphatic carbocycles. The van der Waals surface area contributed by atoms with Gasteiger partial charge in [0.05, 0.1) is 13.2 Å². The Morgan fingerprint density at radius 3 is 2.24 bits per heavy atom. The largest absolute Gasteiger partial charge is 0.346 e. The molecule has 0 aromatic heterocycles. The van der Waals surface area contributed by atoms with Crippen LogP contribution in [0.3, 0.4) is 0 Å². The van der Waals surface area contributed by atoms with Crippen molar-refractivity contribution in [3.63, 3.8) is 0 Å². The van der Waals surface area contributed by atoms with Crippen LogP contribution in [0.5, 0.6) is 0 Å². The van der Waals surface area contributed by atoms with Gasteiger partial charge < -0.3 is 9.47 Å². The summed E-state index contributed by atoms with van der Waals surface area (Å²) < 4.78 is 11.0. The maximum Gasteiger partial charge on any atom is 0.184 e. The van der Waals surface area contributed by atoms with Gasteiger partial charge in [0.25, 0.3) is 0 Å².